The molecule has 6 heterocycles. The number of hydrogen-bond donors (Lipinski definition) is 0. The number of fused-ring (bicyclic) bond motifs is 18. The zero-order valence-electron chi connectivity index (χ0n) is 58.6. The summed E-state index contributed by atoms with van der Waals surface area (Å²) in [6.07, 6.45) is 0. The Morgan fingerprint density at radius 2 is 0.472 bits per heavy atom. The third-order valence-electron chi connectivity index (χ3n) is 22.2. The van der Waals surface area contributed by atoms with Gasteiger partial charge in [-0.25, -0.2) is 0 Å². The molecule has 23 aromatic rings. The van der Waals surface area contributed by atoms with E-state index in [-0.39, 0.29) is 0 Å². The van der Waals surface area contributed by atoms with Crippen LogP contribution in [0.2, 0.25) is 0 Å². The van der Waals surface area contributed by atoms with Gasteiger partial charge in [0.15, 0.2) is 0 Å². The largest absolute Gasteiger partial charge is 0.309 e. The average Bonchev–Trinajstić information content (AvgIpc) is 1.60. The van der Waals surface area contributed by atoms with Gasteiger partial charge in [0.2, 0.25) is 0 Å². The molecule has 0 aliphatic heterocycles. The van der Waals surface area contributed by atoms with E-state index < -0.39 is 0 Å². The van der Waals surface area contributed by atoms with Gasteiger partial charge in [0.25, 0.3) is 0 Å². The normalized spacial score (nSPS) is 11.9. The molecule has 0 unspecified atom stereocenters. The number of hydrogen-bond acceptors (Lipinski definition) is 2. The molecule has 0 fully saturated rings. The van der Waals surface area contributed by atoms with Gasteiger partial charge in [-0.1, -0.05) is 249 Å². The summed E-state index contributed by atoms with van der Waals surface area (Å²) >= 11 is 3.75. The highest BCUT2D eigenvalue weighted by atomic mass is 32.1. The lowest BCUT2D eigenvalue weighted by atomic mass is 9.98. The topological polar surface area (TPSA) is 19.7 Å². The number of thiophene rings is 2. The Bertz CT molecular complexity index is 7490. The first kappa shape index (κ1) is 61.8. The quantitative estimate of drug-likeness (QED) is 0.137. The first-order valence-electron chi connectivity index (χ1n) is 36.9. The van der Waals surface area contributed by atoms with Crippen LogP contribution in [0.5, 0.6) is 0 Å². The second kappa shape index (κ2) is 25.0. The van der Waals surface area contributed by atoms with Crippen LogP contribution in [-0.4, -0.2) is 18.3 Å². The van der Waals surface area contributed by atoms with Crippen LogP contribution in [0.4, 0.5) is 0 Å². The summed E-state index contributed by atoms with van der Waals surface area (Å²) in [6, 6.07) is 142. The van der Waals surface area contributed by atoms with E-state index in [1.807, 2.05) is 22.7 Å². The van der Waals surface area contributed by atoms with E-state index in [4.69, 9.17) is 0 Å². The van der Waals surface area contributed by atoms with E-state index in [2.05, 4.69) is 407 Å². The molecule has 0 atom stereocenters. The number of nitrogens with zero attached hydrogens (tertiary/aromatic N) is 4. The lowest BCUT2D eigenvalue weighted by molar-refractivity contribution is 1.18. The Morgan fingerprint density at radius 3 is 0.963 bits per heavy atom. The number of para-hydroxylation sites is 4. The van der Waals surface area contributed by atoms with Crippen molar-refractivity contribution < 1.29 is 0 Å². The van der Waals surface area contributed by atoms with E-state index in [0.717, 1.165) is 11.4 Å². The molecule has 0 amide bonds. The summed E-state index contributed by atoms with van der Waals surface area (Å²) in [5.41, 5.74) is 26.5. The van der Waals surface area contributed by atoms with Crippen LogP contribution in [0.15, 0.2) is 388 Å². The third kappa shape index (κ3) is 10.0. The van der Waals surface area contributed by atoms with Crippen LogP contribution < -0.4 is 0 Å². The van der Waals surface area contributed by atoms with Gasteiger partial charge in [0, 0.05) is 95.8 Å². The van der Waals surface area contributed by atoms with E-state index in [1.54, 1.807) is 0 Å². The lowest BCUT2D eigenvalue weighted by Crippen LogP contribution is -1.96. The Labute approximate surface area is 630 Å². The lowest BCUT2D eigenvalue weighted by Gasteiger charge is -2.14. The maximum Gasteiger partial charge on any atom is 0.0640 e. The molecule has 108 heavy (non-hydrogen) atoms. The predicted molar refractivity (Wildman–Crippen MR) is 463 cm³/mol. The second-order valence-corrected chi connectivity index (χ2v) is 30.4. The maximum absolute atomic E-state index is 2.47. The van der Waals surface area contributed by atoms with Crippen molar-refractivity contribution >= 4 is 150 Å². The first-order valence-corrected chi connectivity index (χ1v) is 38.6. The van der Waals surface area contributed by atoms with Gasteiger partial charge in [-0.15, -0.1) is 22.7 Å². The molecule has 0 N–H and O–H groups in total. The van der Waals surface area contributed by atoms with Crippen molar-refractivity contribution in [1.29, 1.82) is 0 Å². The van der Waals surface area contributed by atoms with Crippen molar-refractivity contribution in [2.75, 3.05) is 0 Å². The maximum atomic E-state index is 2.47. The van der Waals surface area contributed by atoms with E-state index in [9.17, 15) is 0 Å². The van der Waals surface area contributed by atoms with Crippen molar-refractivity contribution in [1.82, 2.24) is 18.3 Å². The molecule has 6 aromatic heterocycles. The Balaban J connectivity index is 0.000000135. The minimum Gasteiger partial charge on any atom is -0.309 e. The van der Waals surface area contributed by atoms with Crippen molar-refractivity contribution in [3.63, 3.8) is 0 Å². The fourth-order valence-electron chi connectivity index (χ4n) is 17.3. The van der Waals surface area contributed by atoms with Crippen LogP contribution >= 0.6 is 22.7 Å². The van der Waals surface area contributed by atoms with Gasteiger partial charge in [-0.3, -0.25) is 0 Å². The molecule has 0 bridgehead atoms. The molecule has 4 nitrogen and oxygen atoms in total. The monoisotopic (exact) mass is 1410 g/mol. The highest BCUT2D eigenvalue weighted by Gasteiger charge is 2.22. The van der Waals surface area contributed by atoms with Crippen molar-refractivity contribution in [3.05, 3.63) is 388 Å². The fraction of sp³-hybridized carbons (Fsp3) is 0. The molecule has 0 radical (unpaired) electrons. The summed E-state index contributed by atoms with van der Waals surface area (Å²) in [5.74, 6) is 0. The van der Waals surface area contributed by atoms with Crippen LogP contribution in [0.25, 0.3) is 206 Å². The summed E-state index contributed by atoms with van der Waals surface area (Å²) in [7, 11) is 0. The van der Waals surface area contributed by atoms with Crippen LogP contribution in [0.1, 0.15) is 0 Å². The molecular weight excluding hydrogens is 1350 g/mol. The van der Waals surface area contributed by atoms with Crippen LogP contribution in [0.3, 0.4) is 0 Å². The van der Waals surface area contributed by atoms with Gasteiger partial charge in [-0.2, -0.15) is 0 Å². The highest BCUT2D eigenvalue weighted by Crippen LogP contribution is 2.46. The second-order valence-electron chi connectivity index (χ2n) is 28.3. The molecule has 0 aliphatic carbocycles. The van der Waals surface area contributed by atoms with Crippen LogP contribution in [0, 0.1) is 0 Å². The molecule has 0 spiro atoms. The standard InChI is InChI=1S/C54H34N2S.C48H30N2S/c1-3-14-35(15-4-1)39-30-40(36-16-5-2-6-17-36)32-41(31-39)55-48-22-10-7-18-42(48)46-33-37(26-28-50(46)55)38-27-29-51-47(34-38)43-19-8-11-23-49(43)56(51)52-24-13-21-45-44-20-9-12-25-53(44)57-54(45)52;1-2-11-31(12-3-1)32-13-10-14-35(27-32)49-43-18-7-4-15-37(43)40-28-33(21-24-45(40)49)34-22-25-46-41(29-34)38-16-5-8-19-44(38)50(46)36-23-26-48-42(30-36)39-17-6-9-20-47(39)51-48/h1-34H;1-30H. The minimum absolute atomic E-state index is 1.15. The summed E-state index contributed by atoms with van der Waals surface area (Å²) in [5, 5.41) is 15.3. The Hall–Kier alpha value is -13.6. The van der Waals surface area contributed by atoms with Gasteiger partial charge in [0.05, 0.1) is 54.5 Å². The van der Waals surface area contributed by atoms with Crippen LogP contribution in [-0.2, 0) is 0 Å². The summed E-state index contributed by atoms with van der Waals surface area (Å²) < 4.78 is 15.0. The van der Waals surface area contributed by atoms with Gasteiger partial charge in [0.1, 0.15) is 0 Å². The zero-order chi connectivity index (χ0) is 70.9. The smallest absolute Gasteiger partial charge is 0.0640 e. The third-order valence-corrected chi connectivity index (χ3v) is 24.6. The van der Waals surface area contributed by atoms with E-state index in [0.29, 0.717) is 0 Å². The molecule has 0 saturated carbocycles. The molecule has 17 aromatic carbocycles. The van der Waals surface area contributed by atoms with E-state index in [1.165, 1.54) is 195 Å². The van der Waals surface area contributed by atoms with Crippen molar-refractivity contribution in [2.45, 2.75) is 0 Å². The molecule has 0 aliphatic rings. The Kier molecular flexibility index (Phi) is 14.3. The molecule has 504 valence electrons. The SMILES string of the molecule is c1ccc(-c2cc(-c3ccccc3)cc(-n3c4ccccc4c4cc(-c5ccc6c(c5)c5ccccc5n6-c5cccc6c5sc5ccccc56)ccc43)c2)cc1.c1ccc(-c2cccc(-n3c4ccccc4c4cc(-c5ccc6c(c5)c5ccccc5n6-c5ccc6sc7ccccc7c6c5)ccc43)c2)cc1. The Morgan fingerprint density at radius 1 is 0.148 bits per heavy atom. The number of rotatable bonds is 9. The van der Waals surface area contributed by atoms with Gasteiger partial charge < -0.3 is 18.3 Å². The zero-order valence-corrected chi connectivity index (χ0v) is 60.2. The minimum atomic E-state index is 1.15. The molecule has 0 saturated heterocycles. The van der Waals surface area contributed by atoms with Gasteiger partial charge in [-0.05, 0) is 195 Å². The van der Waals surface area contributed by atoms with E-state index >= 15 is 0 Å². The van der Waals surface area contributed by atoms with Crippen molar-refractivity contribution in [2.24, 2.45) is 0 Å². The first-order chi connectivity index (χ1) is 53.5. The summed E-state index contributed by atoms with van der Waals surface area (Å²) in [4.78, 5) is 0. The number of aromatic nitrogens is 4. The highest BCUT2D eigenvalue weighted by molar-refractivity contribution is 7.26. The average molecular weight is 1410 g/mol. The predicted octanol–water partition coefficient (Wildman–Crippen LogP) is 28.8. The van der Waals surface area contributed by atoms with Crippen molar-refractivity contribution in [3.8, 4) is 78.4 Å². The summed E-state index contributed by atoms with van der Waals surface area (Å²) in [6.45, 7) is 0. The number of benzene rings is 17. The molecular formula is C102H64N4S2. The molecule has 6 heteroatoms. The molecule has 23 rings (SSSR count). The van der Waals surface area contributed by atoms with Gasteiger partial charge >= 0.3 is 0 Å². The fourth-order valence-corrected chi connectivity index (χ4v) is 19.5.